The van der Waals surface area contributed by atoms with Crippen LogP contribution in [0.1, 0.15) is 59.0 Å². The lowest BCUT2D eigenvalue weighted by molar-refractivity contribution is -0.119. The van der Waals surface area contributed by atoms with Crippen molar-refractivity contribution >= 4 is 29.4 Å². The molecule has 1 saturated heterocycles. The molecule has 1 fully saturated rings. The summed E-state index contributed by atoms with van der Waals surface area (Å²) in [6, 6.07) is 10.7. The number of pyridine rings is 1. The van der Waals surface area contributed by atoms with E-state index in [0.29, 0.717) is 16.2 Å². The van der Waals surface area contributed by atoms with Crippen molar-refractivity contribution < 1.29 is 14.4 Å². The Morgan fingerprint density at radius 3 is 2.31 bits per heavy atom. The van der Waals surface area contributed by atoms with Crippen LogP contribution >= 0.6 is 11.8 Å². The van der Waals surface area contributed by atoms with Crippen molar-refractivity contribution in [2.75, 3.05) is 18.8 Å². The Kier molecular flexibility index (Phi) is 7.04. The Morgan fingerprint density at radius 2 is 1.72 bits per heavy atom. The molecule has 1 N–H and O–H groups in total. The summed E-state index contributed by atoms with van der Waals surface area (Å²) in [4.78, 5) is 42.1. The van der Waals surface area contributed by atoms with Gasteiger partial charge in [-0.05, 0) is 37.5 Å². The number of nitrogens with zero attached hydrogens (tertiary/aromatic N) is 2. The smallest absolute Gasteiger partial charge is 0.255 e. The van der Waals surface area contributed by atoms with Gasteiger partial charge in [0.1, 0.15) is 0 Å². The third kappa shape index (κ3) is 5.67. The molecule has 1 aliphatic heterocycles. The summed E-state index contributed by atoms with van der Waals surface area (Å²) >= 11 is 1.35. The van der Waals surface area contributed by atoms with Crippen LogP contribution in [0, 0.1) is 0 Å². The second kappa shape index (κ2) is 9.69. The summed E-state index contributed by atoms with van der Waals surface area (Å²) < 4.78 is 0. The fourth-order valence-electron chi connectivity index (χ4n) is 3.26. The molecular formula is C22H25N3O3S. The summed E-state index contributed by atoms with van der Waals surface area (Å²) in [5.41, 5.74) is 2.16. The Morgan fingerprint density at radius 1 is 1.07 bits per heavy atom. The molecule has 0 radical (unpaired) electrons. The topological polar surface area (TPSA) is 79.4 Å². The third-order valence-corrected chi connectivity index (χ3v) is 5.82. The van der Waals surface area contributed by atoms with Crippen molar-refractivity contribution in [2.45, 2.75) is 37.8 Å². The quantitative estimate of drug-likeness (QED) is 0.557. The van der Waals surface area contributed by atoms with Gasteiger partial charge in [0.2, 0.25) is 5.91 Å². The van der Waals surface area contributed by atoms with E-state index in [0.717, 1.165) is 31.5 Å². The number of Topliss-reactive ketones (excluding diaryl/α,β-unsaturated/α-hetero) is 1. The molecule has 6 nitrogen and oxygen atoms in total. The van der Waals surface area contributed by atoms with Gasteiger partial charge in [-0.15, -0.1) is 0 Å². The summed E-state index contributed by atoms with van der Waals surface area (Å²) in [6.07, 6.45) is 3.70. The van der Waals surface area contributed by atoms with Crippen molar-refractivity contribution in [3.63, 3.8) is 0 Å². The Hall–Kier alpha value is -2.67. The molecule has 1 aromatic carbocycles. The van der Waals surface area contributed by atoms with Gasteiger partial charge in [0.05, 0.1) is 22.4 Å². The van der Waals surface area contributed by atoms with E-state index >= 15 is 0 Å². The zero-order valence-electron chi connectivity index (χ0n) is 16.7. The highest BCUT2D eigenvalue weighted by Gasteiger charge is 2.19. The van der Waals surface area contributed by atoms with Crippen molar-refractivity contribution in [2.24, 2.45) is 0 Å². The highest BCUT2D eigenvalue weighted by molar-refractivity contribution is 7.99. The number of amides is 2. The second-order valence-corrected chi connectivity index (χ2v) is 8.14. The van der Waals surface area contributed by atoms with Gasteiger partial charge in [-0.1, -0.05) is 36.0 Å². The van der Waals surface area contributed by atoms with E-state index in [4.69, 9.17) is 0 Å². The van der Waals surface area contributed by atoms with Crippen LogP contribution in [-0.2, 0) is 4.79 Å². The molecule has 0 unspecified atom stereocenters. The van der Waals surface area contributed by atoms with Crippen LogP contribution < -0.4 is 5.32 Å². The van der Waals surface area contributed by atoms with Crippen LogP contribution in [0.25, 0.3) is 0 Å². The summed E-state index contributed by atoms with van der Waals surface area (Å²) in [6.45, 7) is 5.00. The van der Waals surface area contributed by atoms with Crippen LogP contribution in [0.4, 0.5) is 0 Å². The number of carbonyl (C=O) groups is 3. The molecular weight excluding hydrogens is 386 g/mol. The first-order valence-corrected chi connectivity index (χ1v) is 10.7. The number of hydrogen-bond acceptors (Lipinski definition) is 5. The molecule has 2 heterocycles. The van der Waals surface area contributed by atoms with Crippen LogP contribution in [0.15, 0.2) is 47.6 Å². The predicted molar refractivity (Wildman–Crippen MR) is 113 cm³/mol. The van der Waals surface area contributed by atoms with Crippen molar-refractivity contribution in [1.29, 1.82) is 0 Å². The fraction of sp³-hybridized carbons (Fsp3) is 0.364. The van der Waals surface area contributed by atoms with Crippen LogP contribution in [0.2, 0.25) is 0 Å². The van der Waals surface area contributed by atoms with Gasteiger partial charge in [-0.3, -0.25) is 14.4 Å². The number of likely N-dealkylation sites (tertiary alicyclic amines) is 1. The number of benzene rings is 1. The van der Waals surface area contributed by atoms with Crippen LogP contribution in [0.5, 0.6) is 0 Å². The van der Waals surface area contributed by atoms with Gasteiger partial charge >= 0.3 is 0 Å². The zero-order chi connectivity index (χ0) is 20.8. The Balaban J connectivity index is 1.53. The molecule has 0 aliphatic carbocycles. The largest absolute Gasteiger partial charge is 0.350 e. The lowest BCUT2D eigenvalue weighted by Crippen LogP contribution is -2.27. The fourth-order valence-corrected chi connectivity index (χ4v) is 4.00. The molecule has 3 rings (SSSR count). The maximum Gasteiger partial charge on any atom is 0.255 e. The van der Waals surface area contributed by atoms with E-state index in [1.54, 1.807) is 30.5 Å². The molecule has 0 spiro atoms. The van der Waals surface area contributed by atoms with Crippen molar-refractivity contribution in [3.05, 3.63) is 59.3 Å². The summed E-state index contributed by atoms with van der Waals surface area (Å²) in [7, 11) is 0. The van der Waals surface area contributed by atoms with E-state index in [1.807, 2.05) is 24.0 Å². The zero-order valence-corrected chi connectivity index (χ0v) is 17.5. The monoisotopic (exact) mass is 411 g/mol. The number of nitrogens with one attached hydrogen (secondary N) is 1. The molecule has 29 heavy (non-hydrogen) atoms. The highest BCUT2D eigenvalue weighted by atomic mass is 32.2. The van der Waals surface area contributed by atoms with Crippen molar-refractivity contribution in [3.8, 4) is 0 Å². The summed E-state index contributed by atoms with van der Waals surface area (Å²) in [5.74, 6) is 0.214. The highest BCUT2D eigenvalue weighted by Crippen LogP contribution is 2.20. The number of aromatic nitrogens is 1. The molecule has 7 heteroatoms. The normalized spacial score (nSPS) is 14.5. The van der Waals surface area contributed by atoms with E-state index in [-0.39, 0.29) is 29.4 Å². The van der Waals surface area contributed by atoms with E-state index < -0.39 is 0 Å². The maximum absolute atomic E-state index is 12.4. The van der Waals surface area contributed by atoms with Crippen molar-refractivity contribution in [1.82, 2.24) is 15.2 Å². The molecule has 2 amide bonds. The first-order chi connectivity index (χ1) is 13.9. The van der Waals surface area contributed by atoms with Crippen LogP contribution in [-0.4, -0.2) is 46.3 Å². The number of thioether (sulfide) groups is 1. The lowest BCUT2D eigenvalue weighted by atomic mass is 10.0. The van der Waals surface area contributed by atoms with Gasteiger partial charge in [0, 0.05) is 31.8 Å². The van der Waals surface area contributed by atoms with Gasteiger partial charge < -0.3 is 10.2 Å². The van der Waals surface area contributed by atoms with Gasteiger partial charge in [0.15, 0.2) is 5.78 Å². The maximum atomic E-state index is 12.4. The van der Waals surface area contributed by atoms with E-state index in [2.05, 4.69) is 10.3 Å². The minimum atomic E-state index is -0.1000. The average molecular weight is 412 g/mol. The van der Waals surface area contributed by atoms with Gasteiger partial charge in [-0.2, -0.15) is 0 Å². The molecule has 152 valence electrons. The lowest BCUT2D eigenvalue weighted by Gasteiger charge is -2.14. The predicted octanol–water partition coefficient (Wildman–Crippen LogP) is 3.49. The van der Waals surface area contributed by atoms with Gasteiger partial charge in [0.25, 0.3) is 5.91 Å². The molecule has 0 bridgehead atoms. The number of carbonyl (C=O) groups excluding carboxylic acids is 3. The standard InChI is InChI=1S/C22H25N3O3S/c1-15(24-16(2)26)17-5-7-18(8-6-17)20(27)14-29-21-10-9-19(13-23-21)22(28)25-11-3-4-12-25/h5-10,13,15H,3-4,11-12,14H2,1-2H3,(H,24,26)/t15-/m1/s1. The first-order valence-electron chi connectivity index (χ1n) is 9.72. The first kappa shape index (κ1) is 21.0. The molecule has 2 aromatic rings. The minimum absolute atomic E-state index is 0.00718. The van der Waals surface area contributed by atoms with E-state index in [9.17, 15) is 14.4 Å². The third-order valence-electron chi connectivity index (χ3n) is 4.88. The minimum Gasteiger partial charge on any atom is -0.350 e. The molecule has 1 aliphatic rings. The van der Waals surface area contributed by atoms with Gasteiger partial charge in [-0.25, -0.2) is 4.98 Å². The number of ketones is 1. The van der Waals surface area contributed by atoms with Crippen LogP contribution in [0.3, 0.4) is 0 Å². The number of hydrogen-bond donors (Lipinski definition) is 1. The average Bonchev–Trinajstić information content (AvgIpc) is 3.26. The SMILES string of the molecule is CC(=O)N[C@H](C)c1ccc(C(=O)CSc2ccc(C(=O)N3CCCC3)cn2)cc1. The van der Waals surface area contributed by atoms with E-state index in [1.165, 1.54) is 18.7 Å². The second-order valence-electron chi connectivity index (χ2n) is 7.14. The Bertz CT molecular complexity index is 875. The summed E-state index contributed by atoms with van der Waals surface area (Å²) in [5, 5.41) is 3.54. The molecule has 0 saturated carbocycles. The Labute approximate surface area is 175 Å². The molecule has 1 atom stereocenters. The number of rotatable bonds is 7. The molecule has 1 aromatic heterocycles.